The fraction of sp³-hybridized carbons (Fsp3) is 0.200. The van der Waals surface area contributed by atoms with Gasteiger partial charge in [0.05, 0.1) is 0 Å². The van der Waals surface area contributed by atoms with Crippen molar-refractivity contribution >= 4 is 38.0 Å². The number of rotatable bonds is 7. The minimum Gasteiger partial charge on any atom is -0.395 e. The predicted octanol–water partition coefficient (Wildman–Crippen LogP) is 4.23. The van der Waals surface area contributed by atoms with Crippen LogP contribution in [0, 0.1) is 0 Å². The van der Waals surface area contributed by atoms with Crippen LogP contribution < -0.4 is 4.18 Å². The summed E-state index contributed by atoms with van der Waals surface area (Å²) >= 11 is -4.46. The molecule has 0 amide bonds. The molecule has 0 saturated carbocycles. The van der Waals surface area contributed by atoms with Crippen molar-refractivity contribution in [3.05, 3.63) is 48.5 Å². The Kier molecular flexibility index (Phi) is 5.58. The van der Waals surface area contributed by atoms with Gasteiger partial charge in [-0.15, -0.1) is 0 Å². The van der Waals surface area contributed by atoms with E-state index in [4.69, 9.17) is 4.55 Å². The molecule has 0 radical (unpaired) electrons. The van der Waals surface area contributed by atoms with Crippen molar-refractivity contribution < 1.29 is 47.7 Å². The molecule has 2 aromatic rings. The first-order valence-corrected chi connectivity index (χ1v) is 9.55. The van der Waals surface area contributed by atoms with E-state index < -0.39 is 43.4 Å². The van der Waals surface area contributed by atoms with E-state index in [0.717, 1.165) is 6.07 Å². The van der Waals surface area contributed by atoms with Gasteiger partial charge in [0.1, 0.15) is 5.75 Å². The second-order valence-corrected chi connectivity index (χ2v) is 7.92. The van der Waals surface area contributed by atoms with Crippen LogP contribution >= 0.6 is 0 Å². The van der Waals surface area contributed by atoms with E-state index in [2.05, 4.69) is 10.8 Å². The van der Waals surface area contributed by atoms with Gasteiger partial charge in [0, 0.05) is 5.39 Å². The molecule has 28 heavy (non-hydrogen) atoms. The highest BCUT2D eigenvalue weighted by Gasteiger charge is 2.80. The Bertz CT molecular complexity index is 1050. The molecule has 0 heterocycles. The number of benzene rings is 2. The summed E-state index contributed by atoms with van der Waals surface area (Å²) in [4.78, 5) is 0. The molecule has 0 saturated heterocycles. The van der Waals surface area contributed by atoms with E-state index in [1.54, 1.807) is 0 Å². The first kappa shape index (κ1) is 22.2. The molecule has 0 fully saturated rings. The summed E-state index contributed by atoms with van der Waals surface area (Å²) in [5, 5.41) is -12.5. The summed E-state index contributed by atoms with van der Waals surface area (Å²) in [6.07, 6.45) is 1.37. The van der Waals surface area contributed by atoms with Gasteiger partial charge in [-0.05, 0) is 17.0 Å². The maximum atomic E-state index is 13.8. The Morgan fingerprint density at radius 1 is 1.00 bits per heavy atom. The van der Waals surface area contributed by atoms with E-state index in [0.29, 0.717) is 10.9 Å². The number of alkyl halides is 6. The molecule has 1 N–H and O–H groups in total. The molecular formula is C15H10F6O5S2. The molecule has 5 nitrogen and oxygen atoms in total. The maximum absolute atomic E-state index is 13.8. The van der Waals surface area contributed by atoms with Gasteiger partial charge in [-0.3, -0.25) is 4.55 Å². The standard InChI is InChI=1S/C15H10F6O5S2/c1-2-9-7-8-12(11-6-4-3-5-10(9)11)26-27(22)14(18,19)13(16,17)15(20,21)28(23,24)25/h2-8H,1H2,(H,23,24,25). The van der Waals surface area contributed by atoms with E-state index in [-0.39, 0.29) is 5.39 Å². The van der Waals surface area contributed by atoms with Crippen LogP contribution in [0.2, 0.25) is 0 Å². The fourth-order valence-electron chi connectivity index (χ4n) is 2.12. The summed E-state index contributed by atoms with van der Waals surface area (Å²) in [6.45, 7) is 3.51. The van der Waals surface area contributed by atoms with Gasteiger partial charge >= 0.3 is 26.5 Å². The molecule has 13 heteroatoms. The van der Waals surface area contributed by atoms with Crippen molar-refractivity contribution in [1.29, 1.82) is 0 Å². The lowest BCUT2D eigenvalue weighted by molar-refractivity contribution is -0.245. The fourth-order valence-corrected chi connectivity index (χ4v) is 3.38. The lowest BCUT2D eigenvalue weighted by Gasteiger charge is -2.29. The van der Waals surface area contributed by atoms with Crippen molar-refractivity contribution in [2.45, 2.75) is 16.4 Å². The van der Waals surface area contributed by atoms with E-state index in [1.165, 1.54) is 36.4 Å². The van der Waals surface area contributed by atoms with Crippen LogP contribution in [-0.2, 0) is 21.2 Å². The van der Waals surface area contributed by atoms with Crippen molar-refractivity contribution in [1.82, 2.24) is 0 Å². The SMILES string of the molecule is C=Cc1ccc(OS(=O)C(F)(F)C(F)(F)C(F)(F)S(=O)(=O)O)c2ccccc12. The van der Waals surface area contributed by atoms with Gasteiger partial charge in [0.15, 0.2) is 0 Å². The van der Waals surface area contributed by atoms with Crippen LogP contribution in [-0.4, -0.2) is 33.6 Å². The Morgan fingerprint density at radius 2 is 1.54 bits per heavy atom. The molecular weight excluding hydrogens is 438 g/mol. The molecule has 1 unspecified atom stereocenters. The second-order valence-electron chi connectivity index (χ2n) is 5.30. The monoisotopic (exact) mass is 448 g/mol. The molecule has 0 spiro atoms. The Morgan fingerprint density at radius 3 is 2.04 bits per heavy atom. The maximum Gasteiger partial charge on any atom is 0.439 e. The molecule has 2 rings (SSSR count). The highest BCUT2D eigenvalue weighted by molar-refractivity contribution is 7.87. The van der Waals surface area contributed by atoms with Crippen molar-refractivity contribution in [2.24, 2.45) is 0 Å². The number of hydrogen-bond acceptors (Lipinski definition) is 4. The van der Waals surface area contributed by atoms with Crippen LogP contribution in [0.1, 0.15) is 5.56 Å². The van der Waals surface area contributed by atoms with E-state index >= 15 is 0 Å². The molecule has 0 aliphatic carbocycles. The molecule has 0 aromatic heterocycles. The van der Waals surface area contributed by atoms with Crippen molar-refractivity contribution in [3.8, 4) is 5.75 Å². The smallest absolute Gasteiger partial charge is 0.395 e. The number of halogens is 6. The molecule has 0 aliphatic heterocycles. The lowest BCUT2D eigenvalue weighted by Crippen LogP contribution is -2.59. The topological polar surface area (TPSA) is 80.7 Å². The van der Waals surface area contributed by atoms with Gasteiger partial charge in [-0.25, -0.2) is 4.21 Å². The quantitative estimate of drug-likeness (QED) is 0.507. The lowest BCUT2D eigenvalue weighted by atomic mass is 10.0. The summed E-state index contributed by atoms with van der Waals surface area (Å²) < 4.78 is 126. The molecule has 1 atom stereocenters. The summed E-state index contributed by atoms with van der Waals surface area (Å²) in [5.74, 6) is -7.37. The largest absolute Gasteiger partial charge is 0.439 e. The highest BCUT2D eigenvalue weighted by Crippen LogP contribution is 2.50. The first-order chi connectivity index (χ1) is 12.7. The minimum atomic E-state index is -6.96. The highest BCUT2D eigenvalue weighted by atomic mass is 32.2. The predicted molar refractivity (Wildman–Crippen MR) is 89.2 cm³/mol. The van der Waals surface area contributed by atoms with Gasteiger partial charge in [-0.1, -0.05) is 43.0 Å². The molecule has 154 valence electrons. The van der Waals surface area contributed by atoms with Crippen LogP contribution in [0.5, 0.6) is 5.75 Å². The van der Waals surface area contributed by atoms with E-state index in [9.17, 15) is 39.0 Å². The van der Waals surface area contributed by atoms with Crippen molar-refractivity contribution in [2.75, 3.05) is 0 Å². The van der Waals surface area contributed by atoms with Gasteiger partial charge in [0.2, 0.25) is 0 Å². The Labute approximate surface area is 157 Å². The summed E-state index contributed by atoms with van der Waals surface area (Å²) in [6, 6.07) is 7.92. The number of hydrogen-bond donors (Lipinski definition) is 1. The van der Waals surface area contributed by atoms with Crippen LogP contribution in [0.3, 0.4) is 0 Å². The van der Waals surface area contributed by atoms with Crippen LogP contribution in [0.15, 0.2) is 43.0 Å². The normalized spacial score (nSPS) is 14.7. The third-order valence-electron chi connectivity index (χ3n) is 3.57. The third-order valence-corrected chi connectivity index (χ3v) is 5.48. The Hall–Kier alpha value is -2.12. The van der Waals surface area contributed by atoms with Crippen LogP contribution in [0.25, 0.3) is 16.8 Å². The first-order valence-electron chi connectivity index (χ1n) is 7.03. The summed E-state index contributed by atoms with van der Waals surface area (Å²) in [7, 11) is -6.96. The summed E-state index contributed by atoms with van der Waals surface area (Å²) in [5.41, 5.74) is 0.476. The average Bonchev–Trinajstić information content (AvgIpc) is 2.60. The third kappa shape index (κ3) is 3.37. The van der Waals surface area contributed by atoms with Gasteiger partial charge in [0.25, 0.3) is 11.1 Å². The second kappa shape index (κ2) is 7.04. The molecule has 0 bridgehead atoms. The number of fused-ring (bicyclic) bond motifs is 1. The minimum absolute atomic E-state index is 0.0221. The zero-order chi connectivity index (χ0) is 21.5. The van der Waals surface area contributed by atoms with Crippen LogP contribution in [0.4, 0.5) is 26.3 Å². The van der Waals surface area contributed by atoms with Crippen molar-refractivity contribution in [3.63, 3.8) is 0 Å². The van der Waals surface area contributed by atoms with Gasteiger partial charge < -0.3 is 4.18 Å². The zero-order valence-corrected chi connectivity index (χ0v) is 15.0. The molecule has 2 aromatic carbocycles. The average molecular weight is 448 g/mol. The zero-order valence-electron chi connectivity index (χ0n) is 13.4. The Balaban J connectivity index is 2.50. The van der Waals surface area contributed by atoms with E-state index in [1.807, 2.05) is 0 Å². The molecule has 0 aliphatic rings. The van der Waals surface area contributed by atoms with Gasteiger partial charge in [-0.2, -0.15) is 34.8 Å².